The number of fused-ring (bicyclic) bond motifs is 1. The van der Waals surface area contributed by atoms with E-state index in [1.54, 1.807) is 0 Å². The lowest BCUT2D eigenvalue weighted by atomic mass is 9.91. The zero-order valence-corrected chi connectivity index (χ0v) is 19.5. The van der Waals surface area contributed by atoms with Crippen LogP contribution < -0.4 is 0 Å². The van der Waals surface area contributed by atoms with Crippen LogP contribution in [0.3, 0.4) is 0 Å². The number of aromatic nitrogens is 2. The molecule has 0 aliphatic carbocycles. The molecule has 1 aromatic heterocycles. The second-order valence-corrected chi connectivity index (χ2v) is 9.68. The molecule has 0 saturated carbocycles. The summed E-state index contributed by atoms with van der Waals surface area (Å²) in [6, 6.07) is 13.9. The summed E-state index contributed by atoms with van der Waals surface area (Å²) in [6.07, 6.45) is 1.05. The van der Waals surface area contributed by atoms with E-state index in [2.05, 4.69) is 33.7 Å². The van der Waals surface area contributed by atoms with Gasteiger partial charge in [0.1, 0.15) is 5.82 Å². The van der Waals surface area contributed by atoms with E-state index < -0.39 is 0 Å². The van der Waals surface area contributed by atoms with Crippen LogP contribution in [-0.4, -0.2) is 82.9 Å². The summed E-state index contributed by atoms with van der Waals surface area (Å²) in [5, 5.41) is 0.698. The number of likely N-dealkylation sites (N-methyl/N-ethyl adjacent to an activating group) is 1. The zero-order valence-electron chi connectivity index (χ0n) is 18.7. The van der Waals surface area contributed by atoms with Crippen LogP contribution in [0.2, 0.25) is 5.02 Å². The predicted molar refractivity (Wildman–Crippen MR) is 129 cm³/mol. The number of amides is 1. The Morgan fingerprint density at radius 3 is 2.53 bits per heavy atom. The highest BCUT2D eigenvalue weighted by atomic mass is 35.5. The molecule has 32 heavy (non-hydrogen) atoms. The fourth-order valence-corrected chi connectivity index (χ4v) is 5.21. The van der Waals surface area contributed by atoms with Gasteiger partial charge in [-0.05, 0) is 61.9 Å². The average Bonchev–Trinajstić information content (AvgIpc) is 3.23. The zero-order chi connectivity index (χ0) is 22.2. The fourth-order valence-electron chi connectivity index (χ4n) is 5.08. The standard InChI is InChI=1S/C25H30ClN5O/c1-17-16-31(10-9-23(17)30-13-11-29(2)12-14-30)25(32)19-5-8-21-22(15-19)28-24(27-21)18-3-6-20(26)7-4-18/h3-8,15,17,23H,9-14,16H2,1-2H3,(H,27,28). The largest absolute Gasteiger partial charge is 0.338 e. The second-order valence-electron chi connectivity index (χ2n) is 9.25. The number of rotatable bonds is 3. The first-order valence-electron chi connectivity index (χ1n) is 11.5. The van der Waals surface area contributed by atoms with Crippen LogP contribution in [0.25, 0.3) is 22.4 Å². The Kier molecular flexibility index (Phi) is 5.93. The minimum atomic E-state index is 0.109. The lowest BCUT2D eigenvalue weighted by Crippen LogP contribution is -2.56. The molecule has 1 amide bonds. The maximum absolute atomic E-state index is 13.3. The Balaban J connectivity index is 1.29. The average molecular weight is 452 g/mol. The van der Waals surface area contributed by atoms with Crippen LogP contribution >= 0.6 is 11.6 Å². The lowest BCUT2D eigenvalue weighted by Gasteiger charge is -2.45. The van der Waals surface area contributed by atoms with E-state index in [9.17, 15) is 4.79 Å². The van der Waals surface area contributed by atoms with Crippen LogP contribution in [0.5, 0.6) is 0 Å². The molecule has 2 fully saturated rings. The summed E-state index contributed by atoms with van der Waals surface area (Å²) in [6.45, 7) is 8.45. The third kappa shape index (κ3) is 4.27. The summed E-state index contributed by atoms with van der Waals surface area (Å²) < 4.78 is 0. The SMILES string of the molecule is CC1CN(C(=O)c2ccc3nc(-c4ccc(Cl)cc4)[nH]c3c2)CCC1N1CCN(C)CC1. The van der Waals surface area contributed by atoms with E-state index in [1.807, 2.05) is 47.4 Å². The van der Waals surface area contributed by atoms with E-state index >= 15 is 0 Å². The molecule has 3 heterocycles. The summed E-state index contributed by atoms with van der Waals surface area (Å²) in [4.78, 5) is 28.4. The van der Waals surface area contributed by atoms with Crippen LogP contribution in [0.15, 0.2) is 42.5 Å². The van der Waals surface area contributed by atoms with Crippen LogP contribution in [0.1, 0.15) is 23.7 Å². The number of carbonyl (C=O) groups excluding carboxylic acids is 1. The van der Waals surface area contributed by atoms with Gasteiger partial charge in [-0.25, -0.2) is 4.98 Å². The molecule has 6 nitrogen and oxygen atoms in total. The van der Waals surface area contributed by atoms with Crippen molar-refractivity contribution in [3.8, 4) is 11.4 Å². The van der Waals surface area contributed by atoms with Gasteiger partial charge in [-0.2, -0.15) is 0 Å². The van der Waals surface area contributed by atoms with Crippen molar-refractivity contribution in [1.29, 1.82) is 0 Å². The molecule has 168 valence electrons. The van der Waals surface area contributed by atoms with Crippen molar-refractivity contribution in [2.24, 2.45) is 5.92 Å². The normalized spacial score (nSPS) is 23.0. The maximum atomic E-state index is 13.3. The van der Waals surface area contributed by atoms with Crippen molar-refractivity contribution >= 4 is 28.5 Å². The van der Waals surface area contributed by atoms with Gasteiger partial charge in [0, 0.05) is 61.5 Å². The smallest absolute Gasteiger partial charge is 0.253 e. The molecular weight excluding hydrogens is 422 g/mol. The van der Waals surface area contributed by atoms with Gasteiger partial charge in [-0.15, -0.1) is 0 Å². The maximum Gasteiger partial charge on any atom is 0.253 e. The monoisotopic (exact) mass is 451 g/mol. The summed E-state index contributed by atoms with van der Waals surface area (Å²) in [5.41, 5.74) is 3.42. The molecule has 7 heteroatoms. The summed E-state index contributed by atoms with van der Waals surface area (Å²) >= 11 is 6.00. The molecular formula is C25H30ClN5O. The molecule has 0 radical (unpaired) electrons. The van der Waals surface area contributed by atoms with Gasteiger partial charge in [-0.3, -0.25) is 9.69 Å². The Labute approximate surface area is 194 Å². The van der Waals surface area contributed by atoms with E-state index in [4.69, 9.17) is 11.6 Å². The fraction of sp³-hybridized carbons (Fsp3) is 0.440. The number of piperidine rings is 1. The number of likely N-dealkylation sites (tertiary alicyclic amines) is 1. The lowest BCUT2D eigenvalue weighted by molar-refractivity contribution is 0.0303. The topological polar surface area (TPSA) is 55.5 Å². The van der Waals surface area contributed by atoms with Crippen LogP contribution in [0.4, 0.5) is 0 Å². The molecule has 3 aromatic rings. The Hall–Kier alpha value is -2.41. The number of piperazine rings is 1. The third-order valence-electron chi connectivity index (χ3n) is 7.00. The van der Waals surface area contributed by atoms with Gasteiger partial charge < -0.3 is 14.8 Å². The number of nitrogens with zero attached hydrogens (tertiary/aromatic N) is 4. The van der Waals surface area contributed by atoms with E-state index in [0.29, 0.717) is 22.5 Å². The minimum Gasteiger partial charge on any atom is -0.338 e. The van der Waals surface area contributed by atoms with Crippen LogP contribution in [-0.2, 0) is 0 Å². The molecule has 5 rings (SSSR count). The number of carbonyl (C=O) groups is 1. The van der Waals surface area contributed by atoms with E-state index in [1.165, 1.54) is 0 Å². The van der Waals surface area contributed by atoms with E-state index in [0.717, 1.165) is 68.1 Å². The first-order valence-corrected chi connectivity index (χ1v) is 11.8. The van der Waals surface area contributed by atoms with Crippen molar-refractivity contribution in [1.82, 2.24) is 24.7 Å². The molecule has 2 saturated heterocycles. The molecule has 0 spiro atoms. The first kappa shape index (κ1) is 21.4. The number of H-pyrrole nitrogens is 1. The number of halogens is 1. The van der Waals surface area contributed by atoms with Gasteiger partial charge in [0.15, 0.2) is 0 Å². The van der Waals surface area contributed by atoms with Crippen molar-refractivity contribution in [3.05, 3.63) is 53.1 Å². The molecule has 2 aliphatic heterocycles. The minimum absolute atomic E-state index is 0.109. The predicted octanol–water partition coefficient (Wildman–Crippen LogP) is 3.98. The molecule has 0 bridgehead atoms. The highest BCUT2D eigenvalue weighted by molar-refractivity contribution is 6.30. The van der Waals surface area contributed by atoms with Crippen molar-refractivity contribution in [2.75, 3.05) is 46.3 Å². The Bertz CT molecular complexity index is 1100. The summed E-state index contributed by atoms with van der Waals surface area (Å²) in [7, 11) is 2.19. The molecule has 2 aromatic carbocycles. The van der Waals surface area contributed by atoms with E-state index in [-0.39, 0.29) is 5.91 Å². The van der Waals surface area contributed by atoms with Gasteiger partial charge in [0.05, 0.1) is 11.0 Å². The number of aromatic amines is 1. The third-order valence-corrected chi connectivity index (χ3v) is 7.25. The van der Waals surface area contributed by atoms with Crippen molar-refractivity contribution in [3.63, 3.8) is 0 Å². The van der Waals surface area contributed by atoms with Crippen molar-refractivity contribution < 1.29 is 4.79 Å². The molecule has 2 aliphatic rings. The van der Waals surface area contributed by atoms with Gasteiger partial charge >= 0.3 is 0 Å². The molecule has 1 N–H and O–H groups in total. The second kappa shape index (κ2) is 8.85. The van der Waals surface area contributed by atoms with Gasteiger partial charge in [0.25, 0.3) is 5.91 Å². The highest BCUT2D eigenvalue weighted by Gasteiger charge is 2.33. The Morgan fingerprint density at radius 2 is 1.81 bits per heavy atom. The first-order chi connectivity index (χ1) is 15.5. The molecule has 2 atom stereocenters. The van der Waals surface area contributed by atoms with Gasteiger partial charge in [0.2, 0.25) is 0 Å². The number of nitrogens with one attached hydrogen (secondary N) is 1. The number of hydrogen-bond donors (Lipinski definition) is 1. The van der Waals surface area contributed by atoms with Gasteiger partial charge in [-0.1, -0.05) is 18.5 Å². The number of benzene rings is 2. The highest BCUT2D eigenvalue weighted by Crippen LogP contribution is 2.26. The van der Waals surface area contributed by atoms with Crippen LogP contribution in [0, 0.1) is 5.92 Å². The quantitative estimate of drug-likeness (QED) is 0.654. The number of hydrogen-bond acceptors (Lipinski definition) is 4. The number of imidazole rings is 1. The summed E-state index contributed by atoms with van der Waals surface area (Å²) in [5.74, 6) is 1.37. The molecule has 2 unspecified atom stereocenters. The Morgan fingerprint density at radius 1 is 1.06 bits per heavy atom. The van der Waals surface area contributed by atoms with Crippen molar-refractivity contribution in [2.45, 2.75) is 19.4 Å².